The third-order valence-electron chi connectivity index (χ3n) is 9.37. The second-order valence-corrected chi connectivity index (χ2v) is 14.1. The summed E-state index contributed by atoms with van der Waals surface area (Å²) in [5, 5.41) is 5.30. The van der Waals surface area contributed by atoms with Gasteiger partial charge in [0, 0.05) is 54.2 Å². The lowest BCUT2D eigenvalue weighted by atomic mass is 10.00. The van der Waals surface area contributed by atoms with Crippen LogP contribution in [0.3, 0.4) is 0 Å². The van der Waals surface area contributed by atoms with E-state index in [0.29, 0.717) is 19.1 Å². The summed E-state index contributed by atoms with van der Waals surface area (Å²) in [6.45, 7) is 8.90. The molecule has 1 unspecified atom stereocenters. The molecule has 2 aliphatic heterocycles. The van der Waals surface area contributed by atoms with Crippen molar-refractivity contribution in [2.45, 2.75) is 71.4 Å². The smallest absolute Gasteiger partial charge is 0.251 e. The summed E-state index contributed by atoms with van der Waals surface area (Å²) < 4.78 is 17.3. The lowest BCUT2D eigenvalue weighted by Crippen LogP contribution is -2.36. The molecule has 1 N–H and O–H groups in total. The Morgan fingerprint density at radius 1 is 1.04 bits per heavy atom. The first-order valence-corrected chi connectivity index (χ1v) is 18.5. The van der Waals surface area contributed by atoms with Crippen molar-refractivity contribution in [3.8, 4) is 16.9 Å². The minimum absolute atomic E-state index is 0.0572. The Hall–Kier alpha value is -3.95. The highest BCUT2D eigenvalue weighted by Crippen LogP contribution is 2.34. The summed E-state index contributed by atoms with van der Waals surface area (Å²) in [4.78, 5) is 19.8. The largest absolute Gasteiger partial charge is 0.465 e. The number of nitrogens with zero attached hydrogens (tertiary/aromatic N) is 2. The van der Waals surface area contributed by atoms with E-state index >= 15 is 0 Å². The Morgan fingerprint density at radius 3 is 2.55 bits per heavy atom. The van der Waals surface area contributed by atoms with Crippen molar-refractivity contribution in [2.24, 2.45) is 0 Å². The molecular weight excluding hydrogens is 631 g/mol. The highest BCUT2D eigenvalue weighted by Gasteiger charge is 2.22. The average molecular weight is 680 g/mol. The number of unbranched alkanes of at least 4 members (excludes halogenated alkanes) is 1. The average Bonchev–Trinajstić information content (AvgIpc) is 3.57. The number of benzene rings is 3. The molecule has 8 heteroatoms. The molecule has 1 atom stereocenters. The fourth-order valence-corrected chi connectivity index (χ4v) is 7.22. The number of carbonyl (C=O) groups is 1. The van der Waals surface area contributed by atoms with E-state index in [-0.39, 0.29) is 12.2 Å². The Morgan fingerprint density at radius 2 is 1.82 bits per heavy atom. The Kier molecular flexibility index (Phi) is 12.2. The predicted octanol–water partition coefficient (Wildman–Crippen LogP) is 9.00. The van der Waals surface area contributed by atoms with Crippen LogP contribution in [-0.2, 0) is 27.4 Å². The summed E-state index contributed by atoms with van der Waals surface area (Å²) >= 11 is 1.76. The van der Waals surface area contributed by atoms with Gasteiger partial charge in [-0.25, -0.2) is 0 Å². The third-order valence-corrected chi connectivity index (χ3v) is 10.2. The Bertz CT molecular complexity index is 1660. The van der Waals surface area contributed by atoms with Crippen LogP contribution in [0.25, 0.3) is 17.2 Å². The standard InChI is InChI=1S/C41H49N3O4S/c1-4-5-22-47-30(2)48-38-15-10-32(11-16-38)33-12-17-40-35(26-33)27-34(18-21-44(40)29-39-7-6-25-49-39)41(45)42-36-13-8-31(9-14-36)28-43(3)37-19-23-46-24-20-37/h6-17,25-27,30,37H,4-5,18-24,28-29H2,1-3H3,(H,42,45). The molecule has 49 heavy (non-hydrogen) atoms. The van der Waals surface area contributed by atoms with Gasteiger partial charge in [-0.05, 0) is 116 Å². The SMILES string of the molecule is CCCCOC(C)Oc1ccc(-c2ccc3c(c2)C=C(C(=O)Nc2ccc(CN(C)C4CCOCC4)cc2)CCN3Cc2cccs2)cc1. The van der Waals surface area contributed by atoms with Gasteiger partial charge in [-0.15, -0.1) is 11.3 Å². The van der Waals surface area contributed by atoms with Crippen LogP contribution in [0.4, 0.5) is 11.4 Å². The molecule has 3 heterocycles. The molecular formula is C41H49N3O4S. The zero-order valence-electron chi connectivity index (χ0n) is 29.0. The maximum absolute atomic E-state index is 13.7. The van der Waals surface area contributed by atoms with Gasteiger partial charge < -0.3 is 24.4 Å². The molecule has 4 aromatic rings. The van der Waals surface area contributed by atoms with Crippen LogP contribution in [0.15, 0.2) is 89.8 Å². The molecule has 258 valence electrons. The lowest BCUT2D eigenvalue weighted by molar-refractivity contribution is -0.112. The van der Waals surface area contributed by atoms with Crippen molar-refractivity contribution in [1.29, 1.82) is 0 Å². The number of fused-ring (bicyclic) bond motifs is 1. The molecule has 1 amide bonds. The number of anilines is 2. The first-order chi connectivity index (χ1) is 23.9. The first-order valence-electron chi connectivity index (χ1n) is 17.6. The predicted molar refractivity (Wildman–Crippen MR) is 201 cm³/mol. The van der Waals surface area contributed by atoms with Crippen LogP contribution in [0.2, 0.25) is 0 Å². The number of rotatable bonds is 14. The molecule has 1 fully saturated rings. The first kappa shape index (κ1) is 34.9. The van der Waals surface area contributed by atoms with Gasteiger partial charge in [0.2, 0.25) is 0 Å². The fourth-order valence-electron chi connectivity index (χ4n) is 6.50. The van der Waals surface area contributed by atoms with E-state index in [1.165, 1.54) is 10.4 Å². The molecule has 0 saturated carbocycles. The van der Waals surface area contributed by atoms with Gasteiger partial charge in [0.1, 0.15) is 5.75 Å². The van der Waals surface area contributed by atoms with Crippen LogP contribution >= 0.6 is 11.3 Å². The van der Waals surface area contributed by atoms with Gasteiger partial charge in [0.15, 0.2) is 6.29 Å². The molecule has 6 rings (SSSR count). The third kappa shape index (κ3) is 9.61. The molecule has 0 spiro atoms. The van der Waals surface area contributed by atoms with Crippen LogP contribution in [0.5, 0.6) is 5.75 Å². The minimum atomic E-state index is -0.296. The van der Waals surface area contributed by atoms with E-state index in [2.05, 4.69) is 95.1 Å². The van der Waals surface area contributed by atoms with Crippen LogP contribution in [0.1, 0.15) is 62.0 Å². The molecule has 0 bridgehead atoms. The van der Waals surface area contributed by atoms with Gasteiger partial charge in [-0.2, -0.15) is 0 Å². The summed E-state index contributed by atoms with van der Waals surface area (Å²) in [7, 11) is 2.19. The lowest BCUT2D eigenvalue weighted by Gasteiger charge is -2.31. The van der Waals surface area contributed by atoms with Crippen LogP contribution < -0.4 is 15.0 Å². The molecule has 0 radical (unpaired) electrons. The van der Waals surface area contributed by atoms with E-state index in [4.69, 9.17) is 14.2 Å². The number of hydrogen-bond acceptors (Lipinski definition) is 7. The van der Waals surface area contributed by atoms with Gasteiger partial charge >= 0.3 is 0 Å². The number of hydrogen-bond donors (Lipinski definition) is 1. The molecule has 1 aromatic heterocycles. The molecule has 3 aromatic carbocycles. The van der Waals surface area contributed by atoms with Gasteiger partial charge in [0.05, 0.1) is 13.2 Å². The van der Waals surface area contributed by atoms with E-state index < -0.39 is 0 Å². The number of carbonyl (C=O) groups excluding carboxylic acids is 1. The summed E-state index contributed by atoms with van der Waals surface area (Å²) in [5.41, 5.74) is 7.18. The molecule has 1 saturated heterocycles. The topological polar surface area (TPSA) is 63.3 Å². The number of ether oxygens (including phenoxy) is 3. The Balaban J connectivity index is 1.17. The van der Waals surface area contributed by atoms with Gasteiger partial charge in [0.25, 0.3) is 5.91 Å². The maximum Gasteiger partial charge on any atom is 0.251 e. The number of nitrogens with one attached hydrogen (secondary N) is 1. The van der Waals surface area contributed by atoms with Crippen molar-refractivity contribution >= 4 is 34.7 Å². The number of amides is 1. The summed E-state index contributed by atoms with van der Waals surface area (Å²) in [5.74, 6) is 0.723. The second kappa shape index (κ2) is 17.1. The van der Waals surface area contributed by atoms with Crippen molar-refractivity contribution in [3.05, 3.63) is 106 Å². The highest BCUT2D eigenvalue weighted by atomic mass is 32.1. The van der Waals surface area contributed by atoms with Crippen molar-refractivity contribution in [1.82, 2.24) is 4.90 Å². The zero-order chi connectivity index (χ0) is 34.0. The molecule has 2 aliphatic rings. The number of thiophene rings is 1. The quantitative estimate of drug-likeness (QED) is 0.106. The molecule has 7 nitrogen and oxygen atoms in total. The van der Waals surface area contributed by atoms with Crippen molar-refractivity contribution in [3.63, 3.8) is 0 Å². The second-order valence-electron chi connectivity index (χ2n) is 13.0. The van der Waals surface area contributed by atoms with E-state index in [1.807, 2.05) is 31.2 Å². The normalized spacial score (nSPS) is 15.8. The monoisotopic (exact) mass is 679 g/mol. The maximum atomic E-state index is 13.7. The molecule has 0 aliphatic carbocycles. The summed E-state index contributed by atoms with van der Waals surface area (Å²) in [6.07, 6.45) is 6.70. The zero-order valence-corrected chi connectivity index (χ0v) is 29.8. The van der Waals surface area contributed by atoms with Crippen LogP contribution in [-0.4, -0.2) is 56.6 Å². The summed E-state index contributed by atoms with van der Waals surface area (Å²) in [6, 6.07) is 27.8. The van der Waals surface area contributed by atoms with E-state index in [0.717, 1.165) is 97.9 Å². The minimum Gasteiger partial charge on any atom is -0.465 e. The fraction of sp³-hybridized carbons (Fsp3) is 0.390. The van der Waals surface area contributed by atoms with Gasteiger partial charge in [-0.1, -0.05) is 49.7 Å². The Labute approximate surface area is 295 Å². The van der Waals surface area contributed by atoms with E-state index in [1.54, 1.807) is 11.3 Å². The van der Waals surface area contributed by atoms with Crippen LogP contribution in [0, 0.1) is 0 Å². The van der Waals surface area contributed by atoms with E-state index in [9.17, 15) is 4.79 Å². The van der Waals surface area contributed by atoms with Crippen molar-refractivity contribution < 1.29 is 19.0 Å². The highest BCUT2D eigenvalue weighted by molar-refractivity contribution is 7.09. The van der Waals surface area contributed by atoms with Gasteiger partial charge in [-0.3, -0.25) is 9.69 Å². The van der Waals surface area contributed by atoms with Crippen molar-refractivity contribution in [2.75, 3.05) is 43.6 Å².